The number of amides is 1. The number of piperidine rings is 1. The van der Waals surface area contributed by atoms with Crippen molar-refractivity contribution >= 4 is 23.4 Å². The lowest BCUT2D eigenvalue weighted by atomic mass is 10.0. The molecule has 19 heavy (non-hydrogen) atoms. The lowest BCUT2D eigenvalue weighted by Crippen LogP contribution is -2.48. The molecule has 6 nitrogen and oxygen atoms in total. The monoisotopic (exact) mass is 283 g/mol. The minimum atomic E-state index is -0.934. The Kier molecular flexibility index (Phi) is 4.14. The first-order chi connectivity index (χ1) is 9.02. The standard InChI is InChI=1S/C12H17N3O3S/c1-7(2)9-10(19-14-13-9)11(16)15-6-4-3-5-8(15)12(17)18/h7-8H,3-6H2,1-2H3,(H,17,18)/t8-/m1/s1. The second-order valence-corrected chi connectivity index (χ2v) is 5.74. The van der Waals surface area contributed by atoms with Gasteiger partial charge in [-0.25, -0.2) is 4.79 Å². The molecule has 1 fully saturated rings. The van der Waals surface area contributed by atoms with Crippen molar-refractivity contribution < 1.29 is 14.7 Å². The number of carboxylic acid groups (broad SMARTS) is 1. The van der Waals surface area contributed by atoms with Crippen molar-refractivity contribution in [2.75, 3.05) is 6.54 Å². The highest BCUT2D eigenvalue weighted by atomic mass is 32.1. The Morgan fingerprint density at radius 3 is 2.79 bits per heavy atom. The number of hydrogen-bond donors (Lipinski definition) is 1. The van der Waals surface area contributed by atoms with Crippen molar-refractivity contribution in [1.82, 2.24) is 14.5 Å². The molecule has 0 aliphatic carbocycles. The maximum Gasteiger partial charge on any atom is 0.326 e. The summed E-state index contributed by atoms with van der Waals surface area (Å²) in [5, 5.41) is 13.2. The van der Waals surface area contributed by atoms with E-state index >= 15 is 0 Å². The molecular weight excluding hydrogens is 266 g/mol. The van der Waals surface area contributed by atoms with E-state index in [-0.39, 0.29) is 11.8 Å². The van der Waals surface area contributed by atoms with E-state index in [2.05, 4.69) is 9.59 Å². The van der Waals surface area contributed by atoms with Crippen LogP contribution in [-0.4, -0.2) is 44.1 Å². The predicted molar refractivity (Wildman–Crippen MR) is 70.3 cm³/mol. The van der Waals surface area contributed by atoms with Gasteiger partial charge in [-0.05, 0) is 36.7 Å². The van der Waals surface area contributed by atoms with E-state index in [1.807, 2.05) is 13.8 Å². The van der Waals surface area contributed by atoms with Crippen LogP contribution < -0.4 is 0 Å². The number of likely N-dealkylation sites (tertiary alicyclic amines) is 1. The van der Waals surface area contributed by atoms with Crippen LogP contribution in [0.1, 0.15) is 54.4 Å². The first kappa shape index (κ1) is 13.9. The molecular formula is C12H17N3O3S. The Morgan fingerprint density at radius 1 is 1.42 bits per heavy atom. The lowest BCUT2D eigenvalue weighted by molar-refractivity contribution is -0.143. The Labute approximate surface area is 115 Å². The van der Waals surface area contributed by atoms with Crippen LogP contribution in [0.15, 0.2) is 0 Å². The summed E-state index contributed by atoms with van der Waals surface area (Å²) in [6, 6.07) is -0.719. The molecule has 1 aliphatic heterocycles. The topological polar surface area (TPSA) is 83.4 Å². The molecule has 7 heteroatoms. The zero-order valence-corrected chi connectivity index (χ0v) is 11.8. The number of carbonyl (C=O) groups is 2. The Morgan fingerprint density at radius 2 is 2.16 bits per heavy atom. The molecule has 2 rings (SSSR count). The molecule has 1 aliphatic rings. The molecule has 104 valence electrons. The van der Waals surface area contributed by atoms with Gasteiger partial charge in [0.05, 0.1) is 5.69 Å². The second-order valence-electron chi connectivity index (χ2n) is 4.99. The van der Waals surface area contributed by atoms with Gasteiger partial charge in [0.25, 0.3) is 5.91 Å². The summed E-state index contributed by atoms with van der Waals surface area (Å²) in [5.74, 6) is -1.08. The number of carbonyl (C=O) groups excluding carboxylic acids is 1. The zero-order valence-electron chi connectivity index (χ0n) is 11.0. The molecule has 0 bridgehead atoms. The molecule has 0 aromatic carbocycles. The maximum absolute atomic E-state index is 12.5. The molecule has 0 saturated carbocycles. The molecule has 0 radical (unpaired) electrons. The van der Waals surface area contributed by atoms with E-state index in [0.29, 0.717) is 23.5 Å². The van der Waals surface area contributed by atoms with Gasteiger partial charge in [0.1, 0.15) is 10.9 Å². The zero-order chi connectivity index (χ0) is 14.0. The lowest BCUT2D eigenvalue weighted by Gasteiger charge is -2.32. The molecule has 2 heterocycles. The van der Waals surface area contributed by atoms with E-state index in [1.165, 1.54) is 4.90 Å². The molecule has 1 aromatic rings. The highest BCUT2D eigenvalue weighted by Crippen LogP contribution is 2.25. The van der Waals surface area contributed by atoms with E-state index in [0.717, 1.165) is 24.4 Å². The summed E-state index contributed by atoms with van der Waals surface area (Å²) in [4.78, 5) is 25.7. The quantitative estimate of drug-likeness (QED) is 0.913. The smallest absolute Gasteiger partial charge is 0.326 e. The number of carboxylic acids is 1. The third-order valence-corrected chi connectivity index (χ3v) is 4.03. The van der Waals surface area contributed by atoms with Gasteiger partial charge in [0.2, 0.25) is 0 Å². The van der Waals surface area contributed by atoms with E-state index < -0.39 is 12.0 Å². The molecule has 0 unspecified atom stereocenters. The van der Waals surface area contributed by atoms with Crippen LogP contribution in [0.4, 0.5) is 0 Å². The molecule has 1 saturated heterocycles. The van der Waals surface area contributed by atoms with Gasteiger partial charge in [0.15, 0.2) is 0 Å². The van der Waals surface area contributed by atoms with Gasteiger partial charge in [-0.3, -0.25) is 4.79 Å². The van der Waals surface area contributed by atoms with Crippen molar-refractivity contribution in [3.05, 3.63) is 10.6 Å². The summed E-state index contributed by atoms with van der Waals surface area (Å²) in [5.41, 5.74) is 0.657. The van der Waals surface area contributed by atoms with Gasteiger partial charge < -0.3 is 10.0 Å². The Hall–Kier alpha value is -1.50. The number of rotatable bonds is 3. The normalized spacial score (nSPS) is 19.7. The number of aliphatic carboxylic acids is 1. The van der Waals surface area contributed by atoms with Crippen LogP contribution >= 0.6 is 11.5 Å². The fourth-order valence-electron chi connectivity index (χ4n) is 2.29. The van der Waals surface area contributed by atoms with Crippen molar-refractivity contribution in [3.63, 3.8) is 0 Å². The van der Waals surface area contributed by atoms with Crippen LogP contribution in [0.3, 0.4) is 0 Å². The van der Waals surface area contributed by atoms with Crippen LogP contribution in [0.25, 0.3) is 0 Å². The fourth-order valence-corrected chi connectivity index (χ4v) is 3.06. The minimum absolute atomic E-state index is 0.103. The predicted octanol–water partition coefficient (Wildman–Crippen LogP) is 1.74. The number of hydrogen-bond acceptors (Lipinski definition) is 5. The van der Waals surface area contributed by atoms with Crippen molar-refractivity contribution in [2.45, 2.75) is 45.1 Å². The molecule has 1 N–H and O–H groups in total. The van der Waals surface area contributed by atoms with Crippen molar-refractivity contribution in [1.29, 1.82) is 0 Å². The summed E-state index contributed by atoms with van der Waals surface area (Å²) < 4.78 is 3.83. The van der Waals surface area contributed by atoms with E-state index in [9.17, 15) is 14.7 Å². The molecule has 1 atom stereocenters. The van der Waals surface area contributed by atoms with Crippen LogP contribution in [0.5, 0.6) is 0 Å². The van der Waals surface area contributed by atoms with Crippen LogP contribution in [-0.2, 0) is 4.79 Å². The largest absolute Gasteiger partial charge is 0.480 e. The average Bonchev–Trinajstić information content (AvgIpc) is 2.87. The van der Waals surface area contributed by atoms with Crippen molar-refractivity contribution in [3.8, 4) is 0 Å². The molecule has 0 spiro atoms. The third-order valence-electron chi connectivity index (χ3n) is 3.30. The van der Waals surface area contributed by atoms with E-state index in [1.54, 1.807) is 0 Å². The highest BCUT2D eigenvalue weighted by molar-refractivity contribution is 7.08. The van der Waals surface area contributed by atoms with Gasteiger partial charge in [-0.2, -0.15) is 0 Å². The van der Waals surface area contributed by atoms with Gasteiger partial charge in [0, 0.05) is 6.54 Å². The second kappa shape index (κ2) is 5.64. The van der Waals surface area contributed by atoms with Gasteiger partial charge in [-0.15, -0.1) is 5.10 Å². The first-order valence-electron chi connectivity index (χ1n) is 6.38. The fraction of sp³-hybridized carbons (Fsp3) is 0.667. The summed E-state index contributed by atoms with van der Waals surface area (Å²) in [6.07, 6.45) is 2.21. The SMILES string of the molecule is CC(C)c1nnsc1C(=O)N1CCCC[C@@H]1C(=O)O. The summed E-state index contributed by atoms with van der Waals surface area (Å²) in [6.45, 7) is 4.38. The molecule has 1 aromatic heterocycles. The number of nitrogens with zero attached hydrogens (tertiary/aromatic N) is 3. The van der Waals surface area contributed by atoms with Crippen LogP contribution in [0.2, 0.25) is 0 Å². The summed E-state index contributed by atoms with van der Waals surface area (Å²) in [7, 11) is 0. The minimum Gasteiger partial charge on any atom is -0.480 e. The first-order valence-corrected chi connectivity index (χ1v) is 7.15. The summed E-state index contributed by atoms with van der Waals surface area (Å²) >= 11 is 1.05. The highest BCUT2D eigenvalue weighted by Gasteiger charge is 2.34. The van der Waals surface area contributed by atoms with Crippen molar-refractivity contribution in [2.24, 2.45) is 0 Å². The molecule has 1 amide bonds. The van der Waals surface area contributed by atoms with Crippen LogP contribution in [0, 0.1) is 0 Å². The number of aromatic nitrogens is 2. The third kappa shape index (κ3) is 2.75. The Balaban J connectivity index is 2.26. The maximum atomic E-state index is 12.5. The van der Waals surface area contributed by atoms with E-state index in [4.69, 9.17) is 0 Å². The average molecular weight is 283 g/mol. The van der Waals surface area contributed by atoms with Gasteiger partial charge >= 0.3 is 5.97 Å². The Bertz CT molecular complexity index is 486. The van der Waals surface area contributed by atoms with Gasteiger partial charge in [-0.1, -0.05) is 18.3 Å².